The maximum Gasteiger partial charge on any atom is 0.330 e. The number of unbranched alkanes of at least 4 members (excludes halogenated alkanes) is 1. The molecule has 3 N–H and O–H groups in total. The molecule has 0 aliphatic rings. The van der Waals surface area contributed by atoms with Crippen molar-refractivity contribution in [2.24, 2.45) is 0 Å². The summed E-state index contributed by atoms with van der Waals surface area (Å²) < 4.78 is 13.6. The molecule has 2 rings (SSSR count). The number of benzene rings is 1. The van der Waals surface area contributed by atoms with Gasteiger partial charge in [0.05, 0.1) is 11.8 Å². The van der Waals surface area contributed by atoms with Crippen molar-refractivity contribution in [3.05, 3.63) is 106 Å². The molecule has 1 heterocycles. The molecule has 2 aromatic rings. The van der Waals surface area contributed by atoms with Gasteiger partial charge >= 0.3 is 5.97 Å². The van der Waals surface area contributed by atoms with Gasteiger partial charge < -0.3 is 15.7 Å². The molecular weight excluding hydrogens is 555 g/mol. The number of aryl methyl sites for hydroxylation is 1. The second kappa shape index (κ2) is 19.1. The summed E-state index contributed by atoms with van der Waals surface area (Å²) in [6.45, 7) is 16.9. The third-order valence-corrected chi connectivity index (χ3v) is 6.75. The number of hydrogen-bond donors (Lipinski definition) is 3. The zero-order chi connectivity index (χ0) is 31.7. The highest BCUT2D eigenvalue weighted by molar-refractivity contribution is 8.01. The van der Waals surface area contributed by atoms with E-state index in [4.69, 9.17) is 5.11 Å². The maximum absolute atomic E-state index is 13.6. The summed E-state index contributed by atoms with van der Waals surface area (Å²) in [7, 11) is 0. The van der Waals surface area contributed by atoms with Gasteiger partial charge in [-0.1, -0.05) is 57.4 Å². The number of nitrogens with zero attached hydrogens (tertiary/aromatic N) is 2. The number of aliphatic carboxylic acids is 1. The lowest BCUT2D eigenvalue weighted by molar-refractivity contribution is -0.132. The fourth-order valence-electron chi connectivity index (χ4n) is 3.56. The minimum absolute atomic E-state index is 0.0253. The Morgan fingerprint density at radius 1 is 1.14 bits per heavy atom. The number of carboxylic acids is 1. The average Bonchev–Trinajstić information content (AvgIpc) is 2.99. The van der Waals surface area contributed by atoms with Crippen LogP contribution in [0.1, 0.15) is 84.9 Å². The molecule has 1 unspecified atom stereocenters. The maximum atomic E-state index is 13.6. The molecule has 0 spiro atoms. The Morgan fingerprint density at radius 2 is 1.81 bits per heavy atom. The highest BCUT2D eigenvalue weighted by Crippen LogP contribution is 2.15. The Balaban J connectivity index is 0.00000431. The molecule has 0 bridgehead atoms. The molecule has 0 radical (unpaired) electrons. The van der Waals surface area contributed by atoms with Gasteiger partial charge in [-0.15, -0.1) is 11.8 Å². The first kappa shape index (κ1) is 36.0. The molecule has 10 heteroatoms. The molecule has 1 aromatic heterocycles. The van der Waals surface area contributed by atoms with Crippen molar-refractivity contribution < 1.29 is 23.9 Å². The number of thioether (sulfide) groups is 1. The van der Waals surface area contributed by atoms with Crippen molar-refractivity contribution >= 4 is 29.5 Å². The lowest BCUT2D eigenvalue weighted by Crippen LogP contribution is -2.36. The van der Waals surface area contributed by atoms with Crippen LogP contribution in [0.4, 0.5) is 4.39 Å². The molecule has 42 heavy (non-hydrogen) atoms. The van der Waals surface area contributed by atoms with Crippen molar-refractivity contribution in [2.45, 2.75) is 72.2 Å². The second-order valence-electron chi connectivity index (χ2n) is 9.03. The van der Waals surface area contributed by atoms with Crippen LogP contribution in [0.5, 0.6) is 0 Å². The smallest absolute Gasteiger partial charge is 0.330 e. The topological polar surface area (TPSA) is 121 Å². The first-order chi connectivity index (χ1) is 20.0. The zero-order valence-corrected chi connectivity index (χ0v) is 25.8. The van der Waals surface area contributed by atoms with Crippen molar-refractivity contribution in [2.75, 3.05) is 0 Å². The Bertz CT molecular complexity index is 1320. The number of carbonyl (C=O) groups is 3. The number of nitrogens with one attached hydrogen (secondary N) is 2. The standard InChI is InChI=1S/C30H35FN4O4S.C2H6/c1-6-14-40-18-27-33-25(28(36)32-17-22-12-13-23(31)21(5)15-22)16-26(34-27)29(37)35-24(19(3)7-2)11-9-8-10-20(4)30(38)39;1-2/h6-7,10,12-16,24H,2-3,8-9,11,17-18H2,1,4-5H3,(H,32,36)(H,35,37)(H,38,39);1-2H3/b14-6-,20-10+;. The molecule has 0 saturated heterocycles. The summed E-state index contributed by atoms with van der Waals surface area (Å²) >= 11 is 1.42. The van der Waals surface area contributed by atoms with Gasteiger partial charge in [-0.3, -0.25) is 9.59 Å². The Hall–Kier alpha value is -4.05. The van der Waals surface area contributed by atoms with Gasteiger partial charge in [0.2, 0.25) is 0 Å². The average molecular weight is 597 g/mol. The Labute approximate surface area is 252 Å². The van der Waals surface area contributed by atoms with E-state index in [0.717, 1.165) is 5.56 Å². The van der Waals surface area contributed by atoms with Gasteiger partial charge in [0.25, 0.3) is 11.8 Å². The number of rotatable bonds is 15. The van der Waals surface area contributed by atoms with Gasteiger partial charge in [-0.2, -0.15) is 0 Å². The van der Waals surface area contributed by atoms with Crippen LogP contribution in [-0.4, -0.2) is 38.9 Å². The van der Waals surface area contributed by atoms with Gasteiger partial charge in [0.15, 0.2) is 0 Å². The summed E-state index contributed by atoms with van der Waals surface area (Å²) in [5, 5.41) is 16.5. The molecule has 2 amide bonds. The van der Waals surface area contributed by atoms with Crippen molar-refractivity contribution in [3.63, 3.8) is 0 Å². The van der Waals surface area contributed by atoms with E-state index >= 15 is 0 Å². The van der Waals surface area contributed by atoms with Crippen LogP contribution < -0.4 is 10.6 Å². The predicted octanol–water partition coefficient (Wildman–Crippen LogP) is 6.69. The zero-order valence-electron chi connectivity index (χ0n) is 25.0. The number of carboxylic acid groups (broad SMARTS) is 1. The largest absolute Gasteiger partial charge is 0.478 e. The van der Waals surface area contributed by atoms with E-state index in [-0.39, 0.29) is 29.3 Å². The van der Waals surface area contributed by atoms with Crippen LogP contribution in [-0.2, 0) is 17.1 Å². The molecule has 1 atom stereocenters. The summed E-state index contributed by atoms with van der Waals surface area (Å²) in [6.07, 6.45) is 6.67. The number of allylic oxidation sites excluding steroid dienone is 2. The minimum atomic E-state index is -0.972. The van der Waals surface area contributed by atoms with Crippen LogP contribution in [0, 0.1) is 12.7 Å². The van der Waals surface area contributed by atoms with Crippen molar-refractivity contribution in [1.82, 2.24) is 20.6 Å². The van der Waals surface area contributed by atoms with E-state index in [1.807, 2.05) is 32.3 Å². The highest BCUT2D eigenvalue weighted by atomic mass is 32.2. The first-order valence-electron chi connectivity index (χ1n) is 13.7. The number of hydrogen-bond acceptors (Lipinski definition) is 6. The van der Waals surface area contributed by atoms with E-state index in [0.29, 0.717) is 42.0 Å². The molecule has 0 saturated carbocycles. The van der Waals surface area contributed by atoms with E-state index in [1.54, 1.807) is 31.2 Å². The fourth-order valence-corrected chi connectivity index (χ4v) is 4.12. The van der Waals surface area contributed by atoms with E-state index in [1.165, 1.54) is 30.8 Å². The Kier molecular flexibility index (Phi) is 16.4. The molecule has 0 fully saturated rings. The number of carbonyl (C=O) groups excluding carboxylic acids is 2. The second-order valence-corrected chi connectivity index (χ2v) is 9.92. The van der Waals surface area contributed by atoms with Crippen LogP contribution in [0.15, 0.2) is 72.2 Å². The Morgan fingerprint density at radius 3 is 2.40 bits per heavy atom. The lowest BCUT2D eigenvalue weighted by atomic mass is 10.0. The molecule has 0 aliphatic carbocycles. The summed E-state index contributed by atoms with van der Waals surface area (Å²) in [5.74, 6) is -1.64. The number of amides is 2. The summed E-state index contributed by atoms with van der Waals surface area (Å²) in [5.41, 5.74) is 2.10. The molecule has 1 aromatic carbocycles. The van der Waals surface area contributed by atoms with Gasteiger partial charge in [-0.05, 0) is 68.2 Å². The van der Waals surface area contributed by atoms with Gasteiger partial charge in [0, 0.05) is 18.2 Å². The van der Waals surface area contributed by atoms with Crippen LogP contribution in [0.25, 0.3) is 0 Å². The lowest BCUT2D eigenvalue weighted by Gasteiger charge is -2.19. The fraction of sp³-hybridized carbons (Fsp3) is 0.344. The van der Waals surface area contributed by atoms with Crippen molar-refractivity contribution in [1.29, 1.82) is 0 Å². The number of aromatic nitrogens is 2. The third kappa shape index (κ3) is 12.2. The van der Waals surface area contributed by atoms with E-state index < -0.39 is 23.8 Å². The normalized spacial score (nSPS) is 11.7. The highest BCUT2D eigenvalue weighted by Gasteiger charge is 2.20. The van der Waals surface area contributed by atoms with Gasteiger partial charge in [0.1, 0.15) is 23.0 Å². The van der Waals surface area contributed by atoms with E-state index in [9.17, 15) is 18.8 Å². The summed E-state index contributed by atoms with van der Waals surface area (Å²) in [4.78, 5) is 46.0. The van der Waals surface area contributed by atoms with Gasteiger partial charge in [-0.25, -0.2) is 19.2 Å². The van der Waals surface area contributed by atoms with E-state index in [2.05, 4.69) is 33.8 Å². The minimum Gasteiger partial charge on any atom is -0.478 e. The third-order valence-electron chi connectivity index (χ3n) is 5.86. The van der Waals surface area contributed by atoms with Crippen LogP contribution in [0.3, 0.4) is 0 Å². The van der Waals surface area contributed by atoms with Crippen LogP contribution >= 0.6 is 11.8 Å². The monoisotopic (exact) mass is 596 g/mol. The SMILES string of the molecule is C=CC(=C)C(CCC/C=C(\C)C(=O)O)NC(=O)c1cc(C(=O)NCc2ccc(F)c(C)c2)nc(CS/C=C\C)n1.CC. The molecule has 0 aliphatic heterocycles. The summed E-state index contributed by atoms with van der Waals surface area (Å²) in [6, 6.07) is 5.46. The quantitative estimate of drug-likeness (QED) is 0.119. The van der Waals surface area contributed by atoms with Crippen molar-refractivity contribution in [3.8, 4) is 0 Å². The molecule has 8 nitrogen and oxygen atoms in total. The first-order valence-corrected chi connectivity index (χ1v) is 14.8. The van der Waals surface area contributed by atoms with Crippen LogP contribution in [0.2, 0.25) is 0 Å². The molecular formula is C32H41FN4O4S. The molecule has 226 valence electrons. The number of halogens is 1. The predicted molar refractivity (Wildman–Crippen MR) is 168 cm³/mol.